The monoisotopic (exact) mass is 290 g/mol. The molecule has 1 aliphatic rings. The molecular weight excluding hydrogens is 268 g/mol. The molecule has 2 nitrogen and oxygen atoms in total. The number of aromatic nitrogens is 2. The predicted octanol–water partition coefficient (Wildman–Crippen LogP) is 4.86. The first-order valence-corrected chi connectivity index (χ1v) is 8.00. The molecule has 2 heteroatoms. The summed E-state index contributed by atoms with van der Waals surface area (Å²) in [6.45, 7) is 8.38. The van der Waals surface area contributed by atoms with Crippen LogP contribution in [0.4, 0.5) is 0 Å². The Morgan fingerprint density at radius 2 is 1.73 bits per heavy atom. The van der Waals surface area contributed by atoms with E-state index in [9.17, 15) is 0 Å². The van der Waals surface area contributed by atoms with E-state index in [0.717, 1.165) is 24.1 Å². The lowest BCUT2D eigenvalue weighted by atomic mass is 9.88. The van der Waals surface area contributed by atoms with Crippen molar-refractivity contribution >= 4 is 11.1 Å². The van der Waals surface area contributed by atoms with Crippen molar-refractivity contribution in [1.29, 1.82) is 0 Å². The minimum atomic E-state index is 0.870. The molecule has 3 rings (SSSR count). The number of hydrogen-bond acceptors (Lipinski definition) is 2. The van der Waals surface area contributed by atoms with Gasteiger partial charge in [-0.25, -0.2) is 0 Å². The molecule has 2 aromatic rings. The van der Waals surface area contributed by atoms with Gasteiger partial charge in [0.05, 0.1) is 5.69 Å². The van der Waals surface area contributed by atoms with Gasteiger partial charge in [-0.1, -0.05) is 31.4 Å². The second-order valence-electron chi connectivity index (χ2n) is 6.01. The Hall–Kier alpha value is -2.22. The average Bonchev–Trinajstić information content (AvgIpc) is 2.59. The molecule has 1 aromatic heterocycles. The summed E-state index contributed by atoms with van der Waals surface area (Å²) in [4.78, 5) is 0. The molecule has 1 aromatic carbocycles. The Bertz CT molecular complexity index is 686. The molecule has 1 heterocycles. The van der Waals surface area contributed by atoms with Gasteiger partial charge in [0.1, 0.15) is 0 Å². The lowest BCUT2D eigenvalue weighted by molar-refractivity contribution is 0.685. The van der Waals surface area contributed by atoms with Crippen molar-refractivity contribution in [2.75, 3.05) is 0 Å². The lowest BCUT2D eigenvalue weighted by Gasteiger charge is -2.17. The maximum Gasteiger partial charge on any atom is 0.0883 e. The van der Waals surface area contributed by atoms with Gasteiger partial charge in [0, 0.05) is 6.20 Å². The Morgan fingerprint density at radius 1 is 0.955 bits per heavy atom. The molecule has 0 radical (unpaired) electrons. The van der Waals surface area contributed by atoms with E-state index in [0.29, 0.717) is 0 Å². The van der Waals surface area contributed by atoms with Gasteiger partial charge in [-0.2, -0.15) is 10.2 Å². The molecule has 0 N–H and O–H groups in total. The van der Waals surface area contributed by atoms with Gasteiger partial charge >= 0.3 is 0 Å². The summed E-state index contributed by atoms with van der Waals surface area (Å²) in [6, 6.07) is 10.7. The second-order valence-corrected chi connectivity index (χ2v) is 6.01. The number of hydrogen-bond donors (Lipinski definition) is 0. The summed E-state index contributed by atoms with van der Waals surface area (Å²) in [5.41, 5.74) is 7.38. The quantitative estimate of drug-likeness (QED) is 0.785. The lowest BCUT2D eigenvalue weighted by Crippen LogP contribution is -2.03. The highest BCUT2D eigenvalue weighted by molar-refractivity contribution is 5.68. The van der Waals surface area contributed by atoms with Crippen LogP contribution in [0.5, 0.6) is 0 Å². The first-order chi connectivity index (χ1) is 10.7. The zero-order chi connectivity index (χ0) is 15.4. The van der Waals surface area contributed by atoms with Crippen molar-refractivity contribution in [3.63, 3.8) is 0 Å². The number of rotatable bonds is 5. The minimum absolute atomic E-state index is 0.870. The van der Waals surface area contributed by atoms with E-state index in [2.05, 4.69) is 41.6 Å². The fourth-order valence-corrected chi connectivity index (χ4v) is 3.02. The molecule has 0 saturated carbocycles. The van der Waals surface area contributed by atoms with E-state index in [-0.39, 0.29) is 0 Å². The molecule has 1 aliphatic carbocycles. The van der Waals surface area contributed by atoms with Gasteiger partial charge in [0.25, 0.3) is 0 Å². The molecule has 22 heavy (non-hydrogen) atoms. The molecule has 0 fully saturated rings. The van der Waals surface area contributed by atoms with Crippen LogP contribution in [0.2, 0.25) is 0 Å². The maximum atomic E-state index is 4.26. The molecule has 0 saturated heterocycles. The number of nitrogens with zero attached hydrogens (tertiary/aromatic N) is 2. The van der Waals surface area contributed by atoms with Crippen LogP contribution in [0, 0.1) is 0 Å². The second kappa shape index (κ2) is 6.69. The van der Waals surface area contributed by atoms with Crippen LogP contribution >= 0.6 is 0 Å². The smallest absolute Gasteiger partial charge is 0.0883 e. The van der Waals surface area contributed by atoms with Crippen LogP contribution in [0.15, 0.2) is 49.7 Å². The van der Waals surface area contributed by atoms with Crippen LogP contribution in [-0.2, 0) is 12.8 Å². The number of allylic oxidation sites excluding steroid dienone is 2. The van der Waals surface area contributed by atoms with E-state index in [1.807, 2.05) is 12.1 Å². The third-order valence-electron chi connectivity index (χ3n) is 4.42. The molecule has 0 bridgehead atoms. The zero-order valence-electron chi connectivity index (χ0n) is 13.0. The molecule has 0 amide bonds. The van der Waals surface area contributed by atoms with Crippen molar-refractivity contribution in [3.05, 3.63) is 72.1 Å². The summed E-state index contributed by atoms with van der Waals surface area (Å²) < 4.78 is 0. The summed E-state index contributed by atoms with van der Waals surface area (Å²) >= 11 is 0. The van der Waals surface area contributed by atoms with E-state index < -0.39 is 0 Å². The van der Waals surface area contributed by atoms with E-state index in [1.165, 1.54) is 47.9 Å². The van der Waals surface area contributed by atoms with Gasteiger partial charge in [0.2, 0.25) is 0 Å². The first-order valence-electron chi connectivity index (χ1n) is 8.00. The van der Waals surface area contributed by atoms with Gasteiger partial charge in [-0.15, -0.1) is 0 Å². The van der Waals surface area contributed by atoms with Crippen molar-refractivity contribution < 1.29 is 0 Å². The van der Waals surface area contributed by atoms with Crippen LogP contribution in [0.3, 0.4) is 0 Å². The Morgan fingerprint density at radius 3 is 2.50 bits per heavy atom. The molecule has 0 atom stereocenters. The average molecular weight is 290 g/mol. The molecular formula is C20H22N2. The highest BCUT2D eigenvalue weighted by Gasteiger charge is 2.11. The summed E-state index contributed by atoms with van der Waals surface area (Å²) in [5, 5.41) is 8.01. The van der Waals surface area contributed by atoms with E-state index in [4.69, 9.17) is 0 Å². The standard InChI is InChI=1S/C20H22N2/c1-15(9-10-16(2)20-8-5-13-21-22-20)18-12-11-17-6-3-4-7-19(17)14-18/h5,8,11-14H,1-4,6-7,9-10H2. The first kappa shape index (κ1) is 14.7. The van der Waals surface area contributed by atoms with Crippen molar-refractivity contribution in [2.24, 2.45) is 0 Å². The zero-order valence-corrected chi connectivity index (χ0v) is 13.0. The fourth-order valence-electron chi connectivity index (χ4n) is 3.02. The van der Waals surface area contributed by atoms with Crippen LogP contribution in [0.25, 0.3) is 11.1 Å². The molecule has 0 spiro atoms. The maximum absolute atomic E-state index is 4.26. The third-order valence-corrected chi connectivity index (χ3v) is 4.42. The van der Waals surface area contributed by atoms with Crippen LogP contribution < -0.4 is 0 Å². The van der Waals surface area contributed by atoms with Crippen molar-refractivity contribution in [3.8, 4) is 0 Å². The third kappa shape index (κ3) is 3.33. The summed E-state index contributed by atoms with van der Waals surface area (Å²) in [5.74, 6) is 0. The summed E-state index contributed by atoms with van der Waals surface area (Å²) in [7, 11) is 0. The molecule has 0 aliphatic heterocycles. The number of aryl methyl sites for hydroxylation is 2. The Balaban J connectivity index is 1.64. The highest BCUT2D eigenvalue weighted by atomic mass is 15.1. The largest absolute Gasteiger partial charge is 0.159 e. The number of benzene rings is 1. The van der Waals surface area contributed by atoms with E-state index in [1.54, 1.807) is 6.20 Å². The van der Waals surface area contributed by atoms with Crippen molar-refractivity contribution in [2.45, 2.75) is 38.5 Å². The van der Waals surface area contributed by atoms with Gasteiger partial charge < -0.3 is 0 Å². The Kier molecular flexibility index (Phi) is 4.47. The molecule has 0 unspecified atom stereocenters. The number of fused-ring (bicyclic) bond motifs is 1. The van der Waals surface area contributed by atoms with E-state index >= 15 is 0 Å². The SMILES string of the molecule is C=C(CCC(=C)c1cccnn1)c1ccc2c(c1)CCCC2. The highest BCUT2D eigenvalue weighted by Crippen LogP contribution is 2.28. The van der Waals surface area contributed by atoms with Gasteiger partial charge in [-0.05, 0) is 78.5 Å². The molecule has 112 valence electrons. The normalized spacial score (nSPS) is 13.5. The fraction of sp³-hybridized carbons (Fsp3) is 0.300. The summed E-state index contributed by atoms with van der Waals surface area (Å²) in [6.07, 6.45) is 8.54. The van der Waals surface area contributed by atoms with Crippen LogP contribution in [-0.4, -0.2) is 10.2 Å². The van der Waals surface area contributed by atoms with Gasteiger partial charge in [0.15, 0.2) is 0 Å². The minimum Gasteiger partial charge on any atom is -0.159 e. The Labute approximate surface area is 132 Å². The van der Waals surface area contributed by atoms with Crippen LogP contribution in [0.1, 0.15) is 48.1 Å². The topological polar surface area (TPSA) is 25.8 Å². The van der Waals surface area contributed by atoms with Crippen molar-refractivity contribution in [1.82, 2.24) is 10.2 Å². The van der Waals surface area contributed by atoms with Gasteiger partial charge in [-0.3, -0.25) is 0 Å². The predicted molar refractivity (Wildman–Crippen MR) is 92.4 cm³/mol.